The quantitative estimate of drug-likeness (QED) is 0.666. The van der Waals surface area contributed by atoms with Crippen molar-refractivity contribution < 1.29 is 0 Å². The summed E-state index contributed by atoms with van der Waals surface area (Å²) in [6.45, 7) is 0.431. The largest absolute Gasteiger partial charge is 0.399 e. The van der Waals surface area contributed by atoms with E-state index in [9.17, 15) is 0 Å². The third kappa shape index (κ3) is 1.45. The molecule has 2 aromatic rings. The summed E-state index contributed by atoms with van der Waals surface area (Å²) in [7, 11) is 0. The first-order chi connectivity index (χ1) is 6.81. The molecule has 1 heterocycles. The Hall–Kier alpha value is -1.88. The van der Waals surface area contributed by atoms with E-state index in [4.69, 9.17) is 11.5 Å². The maximum absolute atomic E-state index is 5.66. The second-order valence-electron chi connectivity index (χ2n) is 2.93. The van der Waals surface area contributed by atoms with Crippen LogP contribution in [-0.2, 0) is 6.54 Å². The standard InChI is InChI=1S/C9H11N5/c10-4-7-3-8(11)1-2-9(7)14-6-12-5-13-14/h1-3,5-6H,4,10-11H2. The molecule has 1 aromatic heterocycles. The predicted octanol–water partition coefficient (Wildman–Crippen LogP) is 0.308. The van der Waals surface area contributed by atoms with Crippen LogP contribution in [0.2, 0.25) is 0 Å². The van der Waals surface area contributed by atoms with Gasteiger partial charge in [-0.15, -0.1) is 0 Å². The molecule has 0 bridgehead atoms. The van der Waals surface area contributed by atoms with Gasteiger partial charge in [-0.05, 0) is 23.8 Å². The summed E-state index contributed by atoms with van der Waals surface area (Å²) in [4.78, 5) is 3.88. The van der Waals surface area contributed by atoms with Crippen molar-refractivity contribution in [3.05, 3.63) is 36.4 Å². The van der Waals surface area contributed by atoms with Crippen LogP contribution in [0.25, 0.3) is 5.69 Å². The van der Waals surface area contributed by atoms with Crippen LogP contribution in [0.4, 0.5) is 5.69 Å². The summed E-state index contributed by atoms with van der Waals surface area (Å²) in [5.41, 5.74) is 13.8. The van der Waals surface area contributed by atoms with Crippen molar-refractivity contribution in [2.45, 2.75) is 6.54 Å². The number of nitrogens with zero attached hydrogens (tertiary/aromatic N) is 3. The third-order valence-corrected chi connectivity index (χ3v) is 1.99. The van der Waals surface area contributed by atoms with Crippen molar-refractivity contribution in [3.63, 3.8) is 0 Å². The Bertz CT molecular complexity index is 421. The molecular formula is C9H11N5. The van der Waals surface area contributed by atoms with Crippen LogP contribution in [0, 0.1) is 0 Å². The Morgan fingerprint density at radius 2 is 2.21 bits per heavy atom. The minimum Gasteiger partial charge on any atom is -0.399 e. The Morgan fingerprint density at radius 1 is 1.36 bits per heavy atom. The molecule has 0 saturated carbocycles. The summed E-state index contributed by atoms with van der Waals surface area (Å²) in [5.74, 6) is 0. The van der Waals surface area contributed by atoms with Crippen LogP contribution in [0.15, 0.2) is 30.9 Å². The van der Waals surface area contributed by atoms with Crippen molar-refractivity contribution in [2.24, 2.45) is 5.73 Å². The smallest absolute Gasteiger partial charge is 0.138 e. The fourth-order valence-electron chi connectivity index (χ4n) is 1.33. The Labute approximate surface area is 81.4 Å². The van der Waals surface area contributed by atoms with Gasteiger partial charge in [-0.1, -0.05) is 0 Å². The second kappa shape index (κ2) is 3.47. The number of anilines is 1. The number of benzene rings is 1. The molecule has 1 aromatic carbocycles. The first-order valence-corrected chi connectivity index (χ1v) is 4.24. The highest BCUT2D eigenvalue weighted by Gasteiger charge is 2.03. The van der Waals surface area contributed by atoms with Crippen LogP contribution in [0.1, 0.15) is 5.56 Å². The van der Waals surface area contributed by atoms with Crippen molar-refractivity contribution in [1.82, 2.24) is 14.8 Å². The van der Waals surface area contributed by atoms with E-state index in [0.29, 0.717) is 12.2 Å². The highest BCUT2D eigenvalue weighted by Crippen LogP contribution is 2.16. The molecule has 0 radical (unpaired) electrons. The van der Waals surface area contributed by atoms with Crippen LogP contribution in [0.3, 0.4) is 0 Å². The Morgan fingerprint density at radius 3 is 2.86 bits per heavy atom. The molecule has 0 amide bonds. The van der Waals surface area contributed by atoms with Gasteiger partial charge in [0.25, 0.3) is 0 Å². The van der Waals surface area contributed by atoms with Gasteiger partial charge in [-0.3, -0.25) is 0 Å². The fraction of sp³-hybridized carbons (Fsp3) is 0.111. The lowest BCUT2D eigenvalue weighted by Gasteiger charge is -2.07. The van der Waals surface area contributed by atoms with Crippen LogP contribution in [0.5, 0.6) is 0 Å². The molecule has 0 aliphatic carbocycles. The van der Waals surface area contributed by atoms with Gasteiger partial charge in [0, 0.05) is 12.2 Å². The zero-order valence-electron chi connectivity index (χ0n) is 7.59. The van der Waals surface area contributed by atoms with Gasteiger partial charge in [0.1, 0.15) is 12.7 Å². The van der Waals surface area contributed by atoms with Crippen LogP contribution >= 0.6 is 0 Å². The van der Waals surface area contributed by atoms with E-state index in [0.717, 1.165) is 11.3 Å². The molecule has 0 unspecified atom stereocenters. The zero-order chi connectivity index (χ0) is 9.97. The van der Waals surface area contributed by atoms with Crippen molar-refractivity contribution in [2.75, 3.05) is 5.73 Å². The average molecular weight is 189 g/mol. The van der Waals surface area contributed by atoms with E-state index >= 15 is 0 Å². The van der Waals surface area contributed by atoms with Gasteiger partial charge >= 0.3 is 0 Å². The predicted molar refractivity (Wildman–Crippen MR) is 53.7 cm³/mol. The summed E-state index contributed by atoms with van der Waals surface area (Å²) in [6.07, 6.45) is 3.11. The molecule has 0 fully saturated rings. The minimum absolute atomic E-state index is 0.431. The van der Waals surface area contributed by atoms with Gasteiger partial charge in [0.15, 0.2) is 0 Å². The SMILES string of the molecule is NCc1cc(N)ccc1-n1cncn1. The van der Waals surface area contributed by atoms with Crippen molar-refractivity contribution in [1.29, 1.82) is 0 Å². The van der Waals surface area contributed by atoms with E-state index in [1.807, 2.05) is 18.2 Å². The van der Waals surface area contributed by atoms with E-state index in [2.05, 4.69) is 10.1 Å². The number of rotatable bonds is 2. The summed E-state index contributed by atoms with van der Waals surface area (Å²) >= 11 is 0. The average Bonchev–Trinajstić information content (AvgIpc) is 2.70. The van der Waals surface area contributed by atoms with Gasteiger partial charge in [0.05, 0.1) is 5.69 Å². The normalized spacial score (nSPS) is 10.4. The zero-order valence-corrected chi connectivity index (χ0v) is 7.59. The molecule has 0 atom stereocenters. The van der Waals surface area contributed by atoms with Gasteiger partial charge < -0.3 is 11.5 Å². The van der Waals surface area contributed by atoms with Gasteiger partial charge in [-0.2, -0.15) is 5.10 Å². The van der Waals surface area contributed by atoms with E-state index in [-0.39, 0.29) is 0 Å². The maximum Gasteiger partial charge on any atom is 0.138 e. The molecule has 0 aliphatic rings. The lowest BCUT2D eigenvalue weighted by atomic mass is 10.1. The van der Waals surface area contributed by atoms with Crippen LogP contribution in [-0.4, -0.2) is 14.8 Å². The molecular weight excluding hydrogens is 178 g/mol. The minimum atomic E-state index is 0.431. The first-order valence-electron chi connectivity index (χ1n) is 4.24. The molecule has 72 valence electrons. The van der Waals surface area contributed by atoms with Crippen molar-refractivity contribution >= 4 is 5.69 Å². The maximum atomic E-state index is 5.66. The molecule has 14 heavy (non-hydrogen) atoms. The fourth-order valence-corrected chi connectivity index (χ4v) is 1.33. The van der Waals surface area contributed by atoms with E-state index in [1.165, 1.54) is 6.33 Å². The number of nitrogen functional groups attached to an aromatic ring is 1. The topological polar surface area (TPSA) is 82.8 Å². The van der Waals surface area contributed by atoms with Crippen LogP contribution < -0.4 is 11.5 Å². The van der Waals surface area contributed by atoms with Crippen molar-refractivity contribution in [3.8, 4) is 5.69 Å². The highest BCUT2D eigenvalue weighted by molar-refractivity contribution is 5.50. The Balaban J connectivity index is 2.53. The van der Waals surface area contributed by atoms with E-state index in [1.54, 1.807) is 11.0 Å². The molecule has 2 rings (SSSR count). The number of aromatic nitrogens is 3. The lowest BCUT2D eigenvalue weighted by Crippen LogP contribution is -2.05. The third-order valence-electron chi connectivity index (χ3n) is 1.99. The monoisotopic (exact) mass is 189 g/mol. The number of hydrogen-bond acceptors (Lipinski definition) is 4. The Kier molecular flexibility index (Phi) is 2.16. The molecule has 5 nitrogen and oxygen atoms in total. The molecule has 0 spiro atoms. The lowest BCUT2D eigenvalue weighted by molar-refractivity contribution is 0.857. The summed E-state index contributed by atoms with van der Waals surface area (Å²) in [6, 6.07) is 5.54. The summed E-state index contributed by atoms with van der Waals surface area (Å²) < 4.78 is 1.67. The number of nitrogens with two attached hydrogens (primary N) is 2. The first kappa shape index (κ1) is 8.71. The molecule has 0 saturated heterocycles. The molecule has 4 N–H and O–H groups in total. The van der Waals surface area contributed by atoms with Gasteiger partial charge in [0.2, 0.25) is 0 Å². The molecule has 0 aliphatic heterocycles. The summed E-state index contributed by atoms with van der Waals surface area (Å²) in [5, 5.41) is 4.03. The number of hydrogen-bond donors (Lipinski definition) is 2. The second-order valence-corrected chi connectivity index (χ2v) is 2.93. The van der Waals surface area contributed by atoms with Gasteiger partial charge in [-0.25, -0.2) is 9.67 Å². The highest BCUT2D eigenvalue weighted by atomic mass is 15.3. The molecule has 5 heteroatoms. The van der Waals surface area contributed by atoms with E-state index < -0.39 is 0 Å².